The highest BCUT2D eigenvalue weighted by Gasteiger charge is 2.40. The maximum Gasteiger partial charge on any atom is 0.254 e. The Morgan fingerprint density at radius 1 is 1.33 bits per heavy atom. The van der Waals surface area contributed by atoms with Crippen LogP contribution in [0.5, 0.6) is 0 Å². The number of rotatable bonds is 3. The van der Waals surface area contributed by atoms with Gasteiger partial charge < -0.3 is 10.2 Å². The molecule has 4 heteroatoms. The molecule has 4 nitrogen and oxygen atoms in total. The molecule has 0 radical (unpaired) electrons. The average Bonchev–Trinajstić information content (AvgIpc) is 2.72. The minimum absolute atomic E-state index is 0.0478. The minimum Gasteiger partial charge on any atom is -0.331 e. The van der Waals surface area contributed by atoms with E-state index in [1.807, 2.05) is 4.90 Å². The Labute approximate surface area is 125 Å². The lowest BCUT2D eigenvalue weighted by Gasteiger charge is -2.34. The summed E-state index contributed by atoms with van der Waals surface area (Å²) in [6.07, 6.45) is 3.27. The summed E-state index contributed by atoms with van der Waals surface area (Å²) in [7, 11) is 0. The number of hydrogen-bond acceptors (Lipinski definition) is 2. The second kappa shape index (κ2) is 5.72. The van der Waals surface area contributed by atoms with Crippen LogP contribution >= 0.6 is 0 Å². The SMILES string of the molecule is C=CC(=O)Nc1ccc(C(=O)N2C(C)CCC2(C)C)cc1. The van der Waals surface area contributed by atoms with Crippen molar-refractivity contribution in [2.75, 3.05) is 5.32 Å². The van der Waals surface area contributed by atoms with Crippen molar-refractivity contribution in [3.8, 4) is 0 Å². The first-order valence-electron chi connectivity index (χ1n) is 7.22. The van der Waals surface area contributed by atoms with Gasteiger partial charge in [0.25, 0.3) is 5.91 Å². The third kappa shape index (κ3) is 3.15. The maximum absolute atomic E-state index is 12.7. The van der Waals surface area contributed by atoms with E-state index < -0.39 is 0 Å². The lowest BCUT2D eigenvalue weighted by molar-refractivity contribution is -0.111. The first-order chi connectivity index (χ1) is 9.85. The minimum atomic E-state index is -0.261. The van der Waals surface area contributed by atoms with E-state index in [-0.39, 0.29) is 23.4 Å². The molecule has 1 saturated heterocycles. The fourth-order valence-corrected chi connectivity index (χ4v) is 2.91. The molecule has 1 fully saturated rings. The van der Waals surface area contributed by atoms with Gasteiger partial charge in [0, 0.05) is 22.8 Å². The van der Waals surface area contributed by atoms with Gasteiger partial charge in [-0.2, -0.15) is 0 Å². The number of nitrogens with one attached hydrogen (secondary N) is 1. The summed E-state index contributed by atoms with van der Waals surface area (Å²) in [5.74, 6) is -0.213. The zero-order valence-electron chi connectivity index (χ0n) is 12.8. The van der Waals surface area contributed by atoms with E-state index in [1.165, 1.54) is 6.08 Å². The molecular formula is C17H22N2O2. The third-order valence-corrected chi connectivity index (χ3v) is 4.07. The van der Waals surface area contributed by atoms with Crippen molar-refractivity contribution in [2.24, 2.45) is 0 Å². The molecule has 1 heterocycles. The van der Waals surface area contributed by atoms with E-state index in [4.69, 9.17) is 0 Å². The molecule has 1 atom stereocenters. The van der Waals surface area contributed by atoms with Crippen LogP contribution in [0, 0.1) is 0 Å². The van der Waals surface area contributed by atoms with Crippen LogP contribution < -0.4 is 5.32 Å². The van der Waals surface area contributed by atoms with Gasteiger partial charge in [-0.3, -0.25) is 9.59 Å². The molecule has 21 heavy (non-hydrogen) atoms. The number of likely N-dealkylation sites (tertiary alicyclic amines) is 1. The Bertz CT molecular complexity index is 561. The van der Waals surface area contributed by atoms with E-state index in [0.29, 0.717) is 11.3 Å². The third-order valence-electron chi connectivity index (χ3n) is 4.07. The van der Waals surface area contributed by atoms with Gasteiger partial charge in [-0.25, -0.2) is 0 Å². The molecule has 0 bridgehead atoms. The first kappa shape index (κ1) is 15.3. The van der Waals surface area contributed by atoms with Gasteiger partial charge in [0.15, 0.2) is 0 Å². The van der Waals surface area contributed by atoms with Crippen molar-refractivity contribution in [1.82, 2.24) is 4.90 Å². The number of carbonyl (C=O) groups is 2. The van der Waals surface area contributed by atoms with Gasteiger partial charge in [-0.1, -0.05) is 6.58 Å². The van der Waals surface area contributed by atoms with E-state index in [9.17, 15) is 9.59 Å². The number of amides is 2. The highest BCUT2D eigenvalue weighted by molar-refractivity contribution is 6.00. The molecule has 0 spiro atoms. The molecule has 0 aromatic heterocycles. The first-order valence-corrected chi connectivity index (χ1v) is 7.22. The molecule has 1 aromatic rings. The number of hydrogen-bond donors (Lipinski definition) is 1. The fourth-order valence-electron chi connectivity index (χ4n) is 2.91. The molecule has 2 amide bonds. The number of anilines is 1. The molecule has 2 rings (SSSR count). The molecule has 1 aliphatic heterocycles. The summed E-state index contributed by atoms with van der Waals surface area (Å²) < 4.78 is 0. The Morgan fingerprint density at radius 2 is 1.95 bits per heavy atom. The largest absolute Gasteiger partial charge is 0.331 e. The monoisotopic (exact) mass is 286 g/mol. The molecule has 112 valence electrons. The zero-order valence-corrected chi connectivity index (χ0v) is 12.8. The Hall–Kier alpha value is -2.10. The quantitative estimate of drug-likeness (QED) is 0.867. The summed E-state index contributed by atoms with van der Waals surface area (Å²) in [4.78, 5) is 25.9. The summed E-state index contributed by atoms with van der Waals surface area (Å²) in [5, 5.41) is 2.67. The smallest absolute Gasteiger partial charge is 0.254 e. The zero-order chi connectivity index (χ0) is 15.6. The van der Waals surface area contributed by atoms with Gasteiger partial charge in [-0.05, 0) is 64.0 Å². The number of nitrogens with zero attached hydrogens (tertiary/aromatic N) is 1. The topological polar surface area (TPSA) is 49.4 Å². The normalized spacial score (nSPS) is 20.1. The molecule has 0 aliphatic carbocycles. The standard InChI is InChI=1S/C17H22N2O2/c1-5-15(20)18-14-8-6-13(7-9-14)16(21)19-12(2)10-11-17(19,3)4/h5-9,12H,1,10-11H2,2-4H3,(H,18,20). The molecule has 1 aromatic carbocycles. The van der Waals surface area contributed by atoms with Crippen molar-refractivity contribution in [3.63, 3.8) is 0 Å². The van der Waals surface area contributed by atoms with Crippen LogP contribution in [0.1, 0.15) is 44.0 Å². The summed E-state index contributed by atoms with van der Waals surface area (Å²) in [6.45, 7) is 9.70. The summed E-state index contributed by atoms with van der Waals surface area (Å²) >= 11 is 0. The van der Waals surface area contributed by atoms with Crippen molar-refractivity contribution in [2.45, 2.75) is 45.2 Å². The Balaban J connectivity index is 2.17. The average molecular weight is 286 g/mol. The van der Waals surface area contributed by atoms with Crippen LogP contribution in [-0.2, 0) is 4.79 Å². The van der Waals surface area contributed by atoms with E-state index in [2.05, 4.69) is 32.7 Å². The van der Waals surface area contributed by atoms with Gasteiger partial charge in [-0.15, -0.1) is 0 Å². The van der Waals surface area contributed by atoms with Crippen LogP contribution in [0.15, 0.2) is 36.9 Å². The van der Waals surface area contributed by atoms with Crippen molar-refractivity contribution in [3.05, 3.63) is 42.5 Å². The predicted octanol–water partition coefficient (Wildman–Crippen LogP) is 3.21. The van der Waals surface area contributed by atoms with Gasteiger partial charge in [0.2, 0.25) is 5.91 Å². The van der Waals surface area contributed by atoms with Gasteiger partial charge in [0.05, 0.1) is 0 Å². The van der Waals surface area contributed by atoms with Crippen molar-refractivity contribution in [1.29, 1.82) is 0 Å². The second-order valence-corrected chi connectivity index (χ2v) is 6.15. The molecule has 1 unspecified atom stereocenters. The summed E-state index contributed by atoms with van der Waals surface area (Å²) in [6, 6.07) is 7.24. The lowest BCUT2D eigenvalue weighted by atomic mass is 10.0. The molecule has 0 saturated carbocycles. The fraction of sp³-hybridized carbons (Fsp3) is 0.412. The molecule has 1 N–H and O–H groups in total. The van der Waals surface area contributed by atoms with Crippen LogP contribution in [0.25, 0.3) is 0 Å². The van der Waals surface area contributed by atoms with Crippen molar-refractivity contribution < 1.29 is 9.59 Å². The Kier molecular flexibility index (Phi) is 4.16. The highest BCUT2D eigenvalue weighted by Crippen LogP contribution is 2.34. The van der Waals surface area contributed by atoms with Crippen LogP contribution in [0.2, 0.25) is 0 Å². The number of benzene rings is 1. The van der Waals surface area contributed by atoms with Crippen LogP contribution in [-0.4, -0.2) is 28.3 Å². The van der Waals surface area contributed by atoms with Gasteiger partial charge in [0.1, 0.15) is 0 Å². The van der Waals surface area contributed by atoms with Crippen LogP contribution in [0.4, 0.5) is 5.69 Å². The van der Waals surface area contributed by atoms with E-state index in [0.717, 1.165) is 12.8 Å². The lowest BCUT2D eigenvalue weighted by Crippen LogP contribution is -2.46. The number of carbonyl (C=O) groups excluding carboxylic acids is 2. The van der Waals surface area contributed by atoms with E-state index in [1.54, 1.807) is 24.3 Å². The predicted molar refractivity (Wildman–Crippen MR) is 84.2 cm³/mol. The van der Waals surface area contributed by atoms with Crippen molar-refractivity contribution >= 4 is 17.5 Å². The second-order valence-electron chi connectivity index (χ2n) is 6.15. The van der Waals surface area contributed by atoms with E-state index >= 15 is 0 Å². The van der Waals surface area contributed by atoms with Gasteiger partial charge >= 0.3 is 0 Å². The molecule has 1 aliphatic rings. The Morgan fingerprint density at radius 3 is 2.43 bits per heavy atom. The van der Waals surface area contributed by atoms with Crippen LogP contribution in [0.3, 0.4) is 0 Å². The highest BCUT2D eigenvalue weighted by atomic mass is 16.2. The maximum atomic E-state index is 12.7. The molecular weight excluding hydrogens is 264 g/mol. The summed E-state index contributed by atoms with van der Waals surface area (Å²) in [5.41, 5.74) is 1.20.